The predicted octanol–water partition coefficient (Wildman–Crippen LogP) is 3.16. The van der Waals surface area contributed by atoms with Gasteiger partial charge >= 0.3 is 0 Å². The van der Waals surface area contributed by atoms with Gasteiger partial charge in [-0.3, -0.25) is 4.79 Å². The summed E-state index contributed by atoms with van der Waals surface area (Å²) in [5.74, 6) is 1.14. The summed E-state index contributed by atoms with van der Waals surface area (Å²) in [6.45, 7) is 3.70. The number of ether oxygens (including phenoxy) is 3. The van der Waals surface area contributed by atoms with E-state index in [1.807, 2.05) is 43.3 Å². The Morgan fingerprint density at radius 3 is 2.36 bits per heavy atom. The molecule has 0 aliphatic carbocycles. The van der Waals surface area contributed by atoms with E-state index < -0.39 is 0 Å². The van der Waals surface area contributed by atoms with Crippen LogP contribution in [0.15, 0.2) is 48.5 Å². The van der Waals surface area contributed by atoms with Gasteiger partial charge in [-0.2, -0.15) is 0 Å². The Morgan fingerprint density at radius 1 is 0.960 bits per heavy atom. The van der Waals surface area contributed by atoms with E-state index in [2.05, 4.69) is 10.6 Å². The fourth-order valence-electron chi connectivity index (χ4n) is 2.21. The Hall–Kier alpha value is -2.73. The van der Waals surface area contributed by atoms with E-state index in [4.69, 9.17) is 14.2 Å². The lowest BCUT2D eigenvalue weighted by Crippen LogP contribution is -2.22. The van der Waals surface area contributed by atoms with Gasteiger partial charge in [0.2, 0.25) is 5.91 Å². The molecule has 0 aromatic heterocycles. The first-order valence-electron chi connectivity index (χ1n) is 8.21. The zero-order chi connectivity index (χ0) is 17.9. The Kier molecular flexibility index (Phi) is 7.59. The maximum absolute atomic E-state index is 12.2. The van der Waals surface area contributed by atoms with Crippen LogP contribution in [0.25, 0.3) is 0 Å². The number of carbonyl (C=O) groups excluding carboxylic acids is 1. The predicted molar refractivity (Wildman–Crippen MR) is 98.5 cm³/mol. The molecule has 2 N–H and O–H groups in total. The minimum Gasteiger partial charge on any atom is -0.495 e. The number of rotatable bonds is 10. The molecule has 6 nitrogen and oxygen atoms in total. The van der Waals surface area contributed by atoms with Crippen LogP contribution < -0.4 is 20.1 Å². The zero-order valence-electron chi connectivity index (χ0n) is 14.6. The summed E-state index contributed by atoms with van der Waals surface area (Å²) in [6, 6.07) is 14.8. The number of hydrogen-bond donors (Lipinski definition) is 2. The molecule has 0 bridgehead atoms. The van der Waals surface area contributed by atoms with E-state index in [1.165, 1.54) is 0 Å². The van der Waals surface area contributed by atoms with Gasteiger partial charge in [-0.1, -0.05) is 24.3 Å². The van der Waals surface area contributed by atoms with Gasteiger partial charge in [-0.15, -0.1) is 0 Å². The van der Waals surface area contributed by atoms with Crippen LogP contribution in [0.1, 0.15) is 6.92 Å². The lowest BCUT2D eigenvalue weighted by Gasteiger charge is -2.14. The molecule has 0 saturated carbocycles. The first kappa shape index (κ1) is 18.6. The van der Waals surface area contributed by atoms with Crippen molar-refractivity contribution in [3.8, 4) is 11.5 Å². The van der Waals surface area contributed by atoms with E-state index in [9.17, 15) is 4.79 Å². The van der Waals surface area contributed by atoms with Crippen LogP contribution in [0.3, 0.4) is 0 Å². The van der Waals surface area contributed by atoms with Crippen LogP contribution >= 0.6 is 0 Å². The summed E-state index contributed by atoms with van der Waals surface area (Å²) in [5, 5.41) is 5.92. The minimum atomic E-state index is -0.173. The summed E-state index contributed by atoms with van der Waals surface area (Å²) in [4.78, 5) is 12.2. The fourth-order valence-corrected chi connectivity index (χ4v) is 2.21. The lowest BCUT2D eigenvalue weighted by molar-refractivity contribution is -0.114. The van der Waals surface area contributed by atoms with Crippen LogP contribution in [-0.4, -0.2) is 39.4 Å². The van der Waals surface area contributed by atoms with Crippen molar-refractivity contribution in [3.63, 3.8) is 0 Å². The Bertz CT molecular complexity index is 676. The molecular formula is C19H24N2O4. The van der Waals surface area contributed by atoms with Gasteiger partial charge in [0.15, 0.2) is 0 Å². The average molecular weight is 344 g/mol. The quantitative estimate of drug-likeness (QED) is 0.648. The van der Waals surface area contributed by atoms with Gasteiger partial charge < -0.3 is 24.8 Å². The molecule has 0 heterocycles. The van der Waals surface area contributed by atoms with E-state index >= 15 is 0 Å². The molecule has 0 radical (unpaired) electrons. The monoisotopic (exact) mass is 344 g/mol. The van der Waals surface area contributed by atoms with Crippen molar-refractivity contribution in [2.45, 2.75) is 6.92 Å². The highest BCUT2D eigenvalue weighted by Gasteiger charge is 2.08. The second-order valence-electron chi connectivity index (χ2n) is 5.14. The molecule has 25 heavy (non-hydrogen) atoms. The molecule has 6 heteroatoms. The molecule has 1 amide bonds. The number of benzene rings is 2. The van der Waals surface area contributed by atoms with Crippen LogP contribution in [0.4, 0.5) is 11.4 Å². The summed E-state index contributed by atoms with van der Waals surface area (Å²) in [7, 11) is 1.57. The first-order chi connectivity index (χ1) is 12.2. The topological polar surface area (TPSA) is 68.8 Å². The molecule has 0 spiro atoms. The van der Waals surface area contributed by atoms with Crippen LogP contribution in [0, 0.1) is 0 Å². The molecule has 0 unspecified atom stereocenters. The van der Waals surface area contributed by atoms with Crippen LogP contribution in [-0.2, 0) is 9.53 Å². The molecule has 0 fully saturated rings. The molecule has 0 saturated heterocycles. The third-order valence-electron chi connectivity index (χ3n) is 3.40. The maximum atomic E-state index is 12.2. The first-order valence-corrected chi connectivity index (χ1v) is 8.21. The van der Waals surface area contributed by atoms with Gasteiger partial charge in [0.1, 0.15) is 18.1 Å². The third-order valence-corrected chi connectivity index (χ3v) is 3.40. The lowest BCUT2D eigenvalue weighted by atomic mass is 10.2. The highest BCUT2D eigenvalue weighted by molar-refractivity contribution is 5.95. The van der Waals surface area contributed by atoms with Gasteiger partial charge in [0.25, 0.3) is 0 Å². The molecule has 0 atom stereocenters. The molecule has 2 aromatic rings. The number of amides is 1. The highest BCUT2D eigenvalue weighted by atomic mass is 16.5. The second kappa shape index (κ2) is 10.2. The fraction of sp³-hybridized carbons (Fsp3) is 0.316. The third kappa shape index (κ3) is 6.00. The van der Waals surface area contributed by atoms with E-state index in [0.29, 0.717) is 37.0 Å². The number of methoxy groups -OCH3 is 1. The van der Waals surface area contributed by atoms with Crippen molar-refractivity contribution in [1.29, 1.82) is 0 Å². The molecule has 2 rings (SSSR count). The Balaban J connectivity index is 1.89. The number of para-hydroxylation sites is 4. The van der Waals surface area contributed by atoms with E-state index in [0.717, 1.165) is 5.69 Å². The minimum absolute atomic E-state index is 0.115. The van der Waals surface area contributed by atoms with Crippen LogP contribution in [0.5, 0.6) is 11.5 Å². The summed E-state index contributed by atoms with van der Waals surface area (Å²) in [6.07, 6.45) is 0. The van der Waals surface area contributed by atoms with Gasteiger partial charge in [0.05, 0.1) is 31.6 Å². The summed E-state index contributed by atoms with van der Waals surface area (Å²) >= 11 is 0. The smallest absolute Gasteiger partial charge is 0.243 e. The van der Waals surface area contributed by atoms with E-state index in [-0.39, 0.29) is 12.5 Å². The Morgan fingerprint density at radius 2 is 1.64 bits per heavy atom. The van der Waals surface area contributed by atoms with Crippen molar-refractivity contribution in [2.24, 2.45) is 0 Å². The van der Waals surface area contributed by atoms with Gasteiger partial charge in [-0.25, -0.2) is 0 Å². The van der Waals surface area contributed by atoms with Crippen molar-refractivity contribution in [2.75, 3.05) is 44.1 Å². The molecule has 2 aromatic carbocycles. The molecule has 0 aliphatic rings. The van der Waals surface area contributed by atoms with Crippen molar-refractivity contribution in [3.05, 3.63) is 48.5 Å². The molecule has 0 aliphatic heterocycles. The number of carbonyl (C=O) groups is 1. The van der Waals surface area contributed by atoms with Crippen molar-refractivity contribution in [1.82, 2.24) is 0 Å². The molecular weight excluding hydrogens is 320 g/mol. The van der Waals surface area contributed by atoms with Crippen LogP contribution in [0.2, 0.25) is 0 Å². The largest absolute Gasteiger partial charge is 0.495 e. The normalized spacial score (nSPS) is 10.2. The number of hydrogen-bond acceptors (Lipinski definition) is 5. The Labute approximate surface area is 148 Å². The highest BCUT2D eigenvalue weighted by Crippen LogP contribution is 2.24. The van der Waals surface area contributed by atoms with E-state index in [1.54, 1.807) is 19.2 Å². The summed E-state index contributed by atoms with van der Waals surface area (Å²) in [5.41, 5.74) is 1.40. The summed E-state index contributed by atoms with van der Waals surface area (Å²) < 4.78 is 16.2. The van der Waals surface area contributed by atoms with Gasteiger partial charge in [0, 0.05) is 6.61 Å². The van der Waals surface area contributed by atoms with Crippen molar-refractivity contribution < 1.29 is 19.0 Å². The van der Waals surface area contributed by atoms with Crippen molar-refractivity contribution >= 4 is 17.3 Å². The second-order valence-corrected chi connectivity index (χ2v) is 5.14. The zero-order valence-corrected chi connectivity index (χ0v) is 14.6. The average Bonchev–Trinajstić information content (AvgIpc) is 2.65. The number of anilines is 2. The maximum Gasteiger partial charge on any atom is 0.243 e. The van der Waals surface area contributed by atoms with Gasteiger partial charge in [-0.05, 0) is 31.2 Å². The number of nitrogens with one attached hydrogen (secondary N) is 2. The molecule has 134 valence electrons. The SMILES string of the molecule is CCOCCOc1ccccc1NCC(=O)Nc1ccccc1OC. The standard InChI is InChI=1S/C19H24N2O4/c1-3-24-12-13-25-18-11-7-4-8-15(18)20-14-19(22)21-16-9-5-6-10-17(16)23-2/h4-11,20H,3,12-14H2,1-2H3,(H,21,22).